The van der Waals surface area contributed by atoms with Gasteiger partial charge in [0.15, 0.2) is 0 Å². The third kappa shape index (κ3) is 4.89. The van der Waals surface area contributed by atoms with Gasteiger partial charge in [0.25, 0.3) is 0 Å². The Bertz CT molecular complexity index is 230. The predicted molar refractivity (Wildman–Crippen MR) is 81.0 cm³/mol. The molecule has 0 saturated carbocycles. The highest BCUT2D eigenvalue weighted by Gasteiger charge is 2.34. The summed E-state index contributed by atoms with van der Waals surface area (Å²) in [6.45, 7) is 17.7. The van der Waals surface area contributed by atoms with E-state index in [-0.39, 0.29) is 0 Å². The molecule has 1 saturated heterocycles. The van der Waals surface area contributed by atoms with Gasteiger partial charge in [-0.3, -0.25) is 4.90 Å². The van der Waals surface area contributed by atoms with Gasteiger partial charge >= 0.3 is 0 Å². The number of hydrogen-bond donors (Lipinski definition) is 1. The molecule has 0 aromatic heterocycles. The molecular formula is C16H34N2. The minimum Gasteiger partial charge on any atom is -0.313 e. The highest BCUT2D eigenvalue weighted by molar-refractivity contribution is 4.87. The van der Waals surface area contributed by atoms with E-state index in [1.807, 2.05) is 0 Å². The largest absolute Gasteiger partial charge is 0.313 e. The fourth-order valence-corrected chi connectivity index (χ4v) is 2.94. The number of hydrogen-bond acceptors (Lipinski definition) is 2. The van der Waals surface area contributed by atoms with Gasteiger partial charge in [-0.1, -0.05) is 48.0 Å². The van der Waals surface area contributed by atoms with Crippen LogP contribution in [0, 0.1) is 11.3 Å². The molecule has 2 atom stereocenters. The summed E-state index contributed by atoms with van der Waals surface area (Å²) in [5.41, 5.74) is 0.469. The Labute approximate surface area is 115 Å². The zero-order valence-electron chi connectivity index (χ0n) is 13.4. The summed E-state index contributed by atoms with van der Waals surface area (Å²) < 4.78 is 0. The first-order valence-corrected chi connectivity index (χ1v) is 7.82. The lowest BCUT2D eigenvalue weighted by Gasteiger charge is -2.31. The van der Waals surface area contributed by atoms with Gasteiger partial charge in [0, 0.05) is 25.2 Å². The lowest BCUT2D eigenvalue weighted by atomic mass is 9.80. The van der Waals surface area contributed by atoms with Crippen LogP contribution in [0.5, 0.6) is 0 Å². The van der Waals surface area contributed by atoms with Crippen LogP contribution in [0.3, 0.4) is 0 Å². The van der Waals surface area contributed by atoms with Crippen LogP contribution in [-0.2, 0) is 0 Å². The topological polar surface area (TPSA) is 15.3 Å². The molecule has 0 bridgehead atoms. The van der Waals surface area contributed by atoms with E-state index in [1.165, 1.54) is 32.4 Å². The third-order valence-corrected chi connectivity index (χ3v) is 4.34. The van der Waals surface area contributed by atoms with E-state index in [9.17, 15) is 0 Å². The van der Waals surface area contributed by atoms with Gasteiger partial charge in [-0.25, -0.2) is 0 Å². The van der Waals surface area contributed by atoms with Crippen molar-refractivity contribution in [3.8, 4) is 0 Å². The quantitative estimate of drug-likeness (QED) is 0.780. The summed E-state index contributed by atoms with van der Waals surface area (Å²) in [6, 6.07) is 1.34. The molecule has 0 spiro atoms. The Kier molecular flexibility index (Phi) is 6.13. The first-order chi connectivity index (χ1) is 8.34. The van der Waals surface area contributed by atoms with Crippen LogP contribution in [0.15, 0.2) is 0 Å². The van der Waals surface area contributed by atoms with E-state index < -0.39 is 0 Å². The molecule has 1 fully saturated rings. The minimum atomic E-state index is 0.469. The minimum absolute atomic E-state index is 0.469. The average molecular weight is 254 g/mol. The van der Waals surface area contributed by atoms with Crippen molar-refractivity contribution in [2.75, 3.05) is 19.6 Å². The zero-order chi connectivity index (χ0) is 13.8. The summed E-state index contributed by atoms with van der Waals surface area (Å²) in [5.74, 6) is 0.871. The second-order valence-corrected chi connectivity index (χ2v) is 7.35. The van der Waals surface area contributed by atoms with Gasteiger partial charge < -0.3 is 5.32 Å². The molecule has 0 radical (unpaired) electrons. The standard InChI is InChI=1S/C16H34N2/c1-7-8-15(11-17-13(2)3)18-10-9-14(12-18)16(4,5)6/h13-15,17H,7-12H2,1-6H3. The van der Waals surface area contributed by atoms with Gasteiger partial charge in [-0.15, -0.1) is 0 Å². The highest BCUT2D eigenvalue weighted by atomic mass is 15.2. The molecule has 1 heterocycles. The average Bonchev–Trinajstić information content (AvgIpc) is 2.72. The van der Waals surface area contributed by atoms with Crippen molar-refractivity contribution in [2.24, 2.45) is 11.3 Å². The summed E-state index contributed by atoms with van der Waals surface area (Å²) in [7, 11) is 0. The van der Waals surface area contributed by atoms with Crippen LogP contribution in [0.2, 0.25) is 0 Å². The highest BCUT2D eigenvalue weighted by Crippen LogP contribution is 2.34. The monoisotopic (exact) mass is 254 g/mol. The van der Waals surface area contributed by atoms with Crippen LogP contribution in [0.1, 0.15) is 60.8 Å². The Morgan fingerprint density at radius 1 is 1.28 bits per heavy atom. The van der Waals surface area contributed by atoms with Gasteiger partial charge in [0.1, 0.15) is 0 Å². The summed E-state index contributed by atoms with van der Waals surface area (Å²) in [4.78, 5) is 2.73. The fourth-order valence-electron chi connectivity index (χ4n) is 2.94. The summed E-state index contributed by atoms with van der Waals surface area (Å²) in [5, 5.41) is 3.62. The maximum atomic E-state index is 3.62. The van der Waals surface area contributed by atoms with Crippen LogP contribution in [0.25, 0.3) is 0 Å². The Morgan fingerprint density at radius 3 is 2.39 bits per heavy atom. The van der Waals surface area contributed by atoms with Crippen molar-refractivity contribution in [1.82, 2.24) is 10.2 Å². The molecule has 0 aromatic carbocycles. The normalized spacial score (nSPS) is 23.8. The van der Waals surface area contributed by atoms with E-state index in [1.54, 1.807) is 0 Å². The SMILES string of the molecule is CCCC(CNC(C)C)N1CCC(C(C)(C)C)C1. The molecule has 2 heteroatoms. The molecule has 0 aromatic rings. The smallest absolute Gasteiger partial charge is 0.0220 e. The van der Waals surface area contributed by atoms with Gasteiger partial charge in [0.2, 0.25) is 0 Å². The number of nitrogens with one attached hydrogen (secondary N) is 1. The molecule has 2 nitrogen and oxygen atoms in total. The second kappa shape index (κ2) is 6.91. The van der Waals surface area contributed by atoms with Crippen molar-refractivity contribution in [1.29, 1.82) is 0 Å². The third-order valence-electron chi connectivity index (χ3n) is 4.34. The van der Waals surface area contributed by atoms with E-state index in [0.29, 0.717) is 11.5 Å². The lowest BCUT2D eigenvalue weighted by Crippen LogP contribution is -2.43. The molecule has 108 valence electrons. The van der Waals surface area contributed by atoms with E-state index in [0.717, 1.165) is 18.5 Å². The fraction of sp³-hybridized carbons (Fsp3) is 1.00. The maximum Gasteiger partial charge on any atom is 0.0220 e. The van der Waals surface area contributed by atoms with E-state index >= 15 is 0 Å². The van der Waals surface area contributed by atoms with Crippen LogP contribution in [0.4, 0.5) is 0 Å². The predicted octanol–water partition coefficient (Wildman–Crippen LogP) is 3.52. The number of rotatable bonds is 6. The molecule has 1 aliphatic rings. The molecule has 18 heavy (non-hydrogen) atoms. The summed E-state index contributed by atoms with van der Waals surface area (Å²) >= 11 is 0. The molecule has 0 aliphatic carbocycles. The zero-order valence-corrected chi connectivity index (χ0v) is 13.4. The van der Waals surface area contributed by atoms with Crippen molar-refractivity contribution >= 4 is 0 Å². The molecule has 0 amide bonds. The van der Waals surface area contributed by atoms with Crippen molar-refractivity contribution in [2.45, 2.75) is 72.9 Å². The van der Waals surface area contributed by atoms with Crippen molar-refractivity contribution in [3.63, 3.8) is 0 Å². The van der Waals surface area contributed by atoms with Crippen LogP contribution in [-0.4, -0.2) is 36.6 Å². The first kappa shape index (κ1) is 16.0. The van der Waals surface area contributed by atoms with Gasteiger partial charge in [-0.2, -0.15) is 0 Å². The molecule has 1 aliphatic heterocycles. The maximum absolute atomic E-state index is 3.62. The van der Waals surface area contributed by atoms with Crippen molar-refractivity contribution < 1.29 is 0 Å². The first-order valence-electron chi connectivity index (χ1n) is 7.82. The van der Waals surface area contributed by atoms with E-state index in [4.69, 9.17) is 0 Å². The van der Waals surface area contributed by atoms with Gasteiger partial charge in [-0.05, 0) is 30.7 Å². The second-order valence-electron chi connectivity index (χ2n) is 7.35. The lowest BCUT2D eigenvalue weighted by molar-refractivity contribution is 0.182. The van der Waals surface area contributed by atoms with E-state index in [2.05, 4.69) is 51.8 Å². The Morgan fingerprint density at radius 2 is 1.94 bits per heavy atom. The summed E-state index contributed by atoms with van der Waals surface area (Å²) in [6.07, 6.45) is 4.00. The Balaban J connectivity index is 2.49. The molecular weight excluding hydrogens is 220 g/mol. The van der Waals surface area contributed by atoms with Crippen molar-refractivity contribution in [3.05, 3.63) is 0 Å². The molecule has 1 rings (SSSR count). The molecule has 2 unspecified atom stereocenters. The number of nitrogens with zero attached hydrogens (tertiary/aromatic N) is 1. The number of likely N-dealkylation sites (tertiary alicyclic amines) is 1. The molecule has 1 N–H and O–H groups in total. The van der Waals surface area contributed by atoms with Gasteiger partial charge in [0.05, 0.1) is 0 Å². The Hall–Kier alpha value is -0.0800. The van der Waals surface area contributed by atoms with Crippen LogP contribution < -0.4 is 5.32 Å². The van der Waals surface area contributed by atoms with Crippen LogP contribution >= 0.6 is 0 Å².